The highest BCUT2D eigenvalue weighted by Crippen LogP contribution is 2.38. The summed E-state index contributed by atoms with van der Waals surface area (Å²) < 4.78 is 10.2. The summed E-state index contributed by atoms with van der Waals surface area (Å²) in [7, 11) is 2.85. The highest BCUT2D eigenvalue weighted by Gasteiger charge is 2.27. The Labute approximate surface area is 167 Å². The number of hydrogen-bond donors (Lipinski definition) is 1. The molecule has 0 aliphatic heterocycles. The van der Waals surface area contributed by atoms with Crippen molar-refractivity contribution in [2.75, 3.05) is 19.5 Å². The molecule has 0 radical (unpaired) electrons. The van der Waals surface area contributed by atoms with Gasteiger partial charge in [-0.3, -0.25) is 4.79 Å². The maximum atomic E-state index is 12.7. The van der Waals surface area contributed by atoms with E-state index >= 15 is 0 Å². The molecule has 0 unspecified atom stereocenters. The topological polar surface area (TPSA) is 88.4 Å². The molecule has 1 aliphatic rings. The van der Waals surface area contributed by atoms with Crippen molar-refractivity contribution in [2.45, 2.75) is 25.7 Å². The quantitative estimate of drug-likeness (QED) is 0.469. The zero-order chi connectivity index (χ0) is 20.1. The third-order valence-corrected chi connectivity index (χ3v) is 5.80. The van der Waals surface area contributed by atoms with Crippen molar-refractivity contribution in [3.63, 3.8) is 0 Å². The van der Waals surface area contributed by atoms with E-state index in [2.05, 4.69) is 5.32 Å². The number of nitrogens with zero attached hydrogens (tertiary/aromatic N) is 1. The van der Waals surface area contributed by atoms with Crippen LogP contribution in [0.5, 0.6) is 5.75 Å². The maximum absolute atomic E-state index is 12.7. The van der Waals surface area contributed by atoms with Gasteiger partial charge in [0.2, 0.25) is 0 Å². The second-order valence-corrected chi connectivity index (χ2v) is 7.38. The van der Waals surface area contributed by atoms with E-state index in [0.29, 0.717) is 21.9 Å². The first-order chi connectivity index (χ1) is 13.6. The molecule has 1 N–H and O–H groups in total. The van der Waals surface area contributed by atoms with Crippen LogP contribution in [-0.2, 0) is 22.4 Å². The normalized spacial score (nSPS) is 13.2. The summed E-state index contributed by atoms with van der Waals surface area (Å²) in [6.07, 6.45) is 5.19. The van der Waals surface area contributed by atoms with Crippen molar-refractivity contribution < 1.29 is 19.1 Å². The molecule has 6 nitrogen and oxygen atoms in total. The van der Waals surface area contributed by atoms with Crippen LogP contribution in [0.2, 0.25) is 0 Å². The van der Waals surface area contributed by atoms with Crippen LogP contribution < -0.4 is 10.1 Å². The number of aryl methyl sites for hydroxylation is 1. The fraction of sp³-hybridized carbons (Fsp3) is 0.286. The van der Waals surface area contributed by atoms with E-state index in [1.807, 2.05) is 6.07 Å². The molecule has 1 aromatic heterocycles. The molecule has 7 heteroatoms. The molecule has 1 aliphatic carbocycles. The smallest absolute Gasteiger partial charge is 0.341 e. The molecular weight excluding hydrogens is 376 g/mol. The minimum absolute atomic E-state index is 0.0771. The molecule has 2 aromatic rings. The van der Waals surface area contributed by atoms with E-state index in [-0.39, 0.29) is 5.57 Å². The van der Waals surface area contributed by atoms with E-state index in [4.69, 9.17) is 9.47 Å². The third-order valence-electron chi connectivity index (χ3n) is 4.59. The zero-order valence-corrected chi connectivity index (χ0v) is 16.5. The predicted octanol–water partition coefficient (Wildman–Crippen LogP) is 3.97. The molecule has 1 aromatic carbocycles. The van der Waals surface area contributed by atoms with Gasteiger partial charge < -0.3 is 14.8 Å². The van der Waals surface area contributed by atoms with Gasteiger partial charge in [0.25, 0.3) is 5.91 Å². The number of benzene rings is 1. The van der Waals surface area contributed by atoms with E-state index in [0.717, 1.165) is 36.1 Å². The van der Waals surface area contributed by atoms with Gasteiger partial charge in [0, 0.05) is 10.4 Å². The molecule has 144 valence electrons. The third kappa shape index (κ3) is 3.92. The highest BCUT2D eigenvalue weighted by atomic mass is 32.1. The van der Waals surface area contributed by atoms with Crippen LogP contribution in [0.4, 0.5) is 5.00 Å². The molecule has 0 spiro atoms. The van der Waals surface area contributed by atoms with Gasteiger partial charge in [0.1, 0.15) is 22.4 Å². The Morgan fingerprint density at radius 3 is 2.68 bits per heavy atom. The van der Waals surface area contributed by atoms with Gasteiger partial charge in [-0.05, 0) is 43.4 Å². The van der Waals surface area contributed by atoms with Gasteiger partial charge in [0.15, 0.2) is 0 Å². The first kappa shape index (κ1) is 19.6. The Bertz CT molecular complexity index is 985. The number of hydrogen-bond acceptors (Lipinski definition) is 6. The van der Waals surface area contributed by atoms with Gasteiger partial charge in [-0.1, -0.05) is 18.2 Å². The van der Waals surface area contributed by atoms with E-state index in [9.17, 15) is 14.9 Å². The van der Waals surface area contributed by atoms with Crippen molar-refractivity contribution >= 4 is 34.3 Å². The average Bonchev–Trinajstić information content (AvgIpc) is 3.09. The van der Waals surface area contributed by atoms with Gasteiger partial charge in [-0.25, -0.2) is 4.79 Å². The predicted molar refractivity (Wildman–Crippen MR) is 108 cm³/mol. The fourth-order valence-corrected chi connectivity index (χ4v) is 4.50. The minimum atomic E-state index is -0.572. The highest BCUT2D eigenvalue weighted by molar-refractivity contribution is 7.17. The summed E-state index contributed by atoms with van der Waals surface area (Å²) in [4.78, 5) is 26.1. The Balaban J connectivity index is 1.94. The lowest BCUT2D eigenvalue weighted by Crippen LogP contribution is -2.16. The number of fused-ring (bicyclic) bond motifs is 1. The number of ether oxygens (including phenoxy) is 2. The number of carbonyl (C=O) groups is 2. The standard InChI is InChI=1S/C21H20N2O4S/c1-26-16-9-5-3-7-13(16)11-14(12-22)19(24)23-20-18(21(25)27-2)15-8-4-6-10-17(15)28-20/h3,5,7,9,11H,4,6,8,10H2,1-2H3,(H,23,24)/b14-11+. The Kier molecular flexibility index (Phi) is 6.12. The number of esters is 1. The van der Waals surface area contributed by atoms with Crippen LogP contribution >= 0.6 is 11.3 Å². The number of anilines is 1. The molecule has 1 amide bonds. The SMILES string of the molecule is COC(=O)c1c(NC(=O)/C(C#N)=C/c2ccccc2OC)sc2c1CCCC2. The number of para-hydroxylation sites is 1. The van der Waals surface area contributed by atoms with Gasteiger partial charge >= 0.3 is 5.97 Å². The largest absolute Gasteiger partial charge is 0.496 e. The lowest BCUT2D eigenvalue weighted by molar-refractivity contribution is -0.112. The van der Waals surface area contributed by atoms with Crippen LogP contribution in [0, 0.1) is 11.3 Å². The number of amides is 1. The van der Waals surface area contributed by atoms with Gasteiger partial charge in [0.05, 0.1) is 19.8 Å². The van der Waals surface area contributed by atoms with Crippen LogP contribution in [-0.4, -0.2) is 26.1 Å². The molecular formula is C21H20N2O4S. The van der Waals surface area contributed by atoms with Crippen molar-refractivity contribution in [3.8, 4) is 11.8 Å². The molecule has 3 rings (SSSR count). The number of thiophene rings is 1. The Morgan fingerprint density at radius 1 is 1.21 bits per heavy atom. The second kappa shape index (κ2) is 8.72. The molecule has 1 heterocycles. The maximum Gasteiger partial charge on any atom is 0.341 e. The van der Waals surface area contributed by atoms with Crippen LogP contribution in [0.25, 0.3) is 6.08 Å². The van der Waals surface area contributed by atoms with Crippen LogP contribution in [0.1, 0.15) is 39.2 Å². The Hall–Kier alpha value is -3.11. The molecule has 0 atom stereocenters. The fourth-order valence-electron chi connectivity index (χ4n) is 3.23. The van der Waals surface area contributed by atoms with Crippen molar-refractivity contribution in [3.05, 3.63) is 51.4 Å². The van der Waals surface area contributed by atoms with Crippen molar-refractivity contribution in [1.29, 1.82) is 5.26 Å². The summed E-state index contributed by atoms with van der Waals surface area (Å²) in [6.45, 7) is 0. The molecule has 0 saturated carbocycles. The number of nitriles is 1. The Morgan fingerprint density at radius 2 is 1.96 bits per heavy atom. The van der Waals surface area contributed by atoms with E-state index in [1.54, 1.807) is 24.3 Å². The monoisotopic (exact) mass is 396 g/mol. The number of nitrogens with one attached hydrogen (secondary N) is 1. The van der Waals surface area contributed by atoms with Crippen LogP contribution in [0.3, 0.4) is 0 Å². The summed E-state index contributed by atoms with van der Waals surface area (Å²) in [5.74, 6) is -0.482. The summed E-state index contributed by atoms with van der Waals surface area (Å²) in [6, 6.07) is 9.04. The van der Waals surface area contributed by atoms with E-state index in [1.165, 1.54) is 31.6 Å². The first-order valence-corrected chi connectivity index (χ1v) is 9.69. The van der Waals surface area contributed by atoms with Crippen molar-refractivity contribution in [2.24, 2.45) is 0 Å². The van der Waals surface area contributed by atoms with Crippen LogP contribution in [0.15, 0.2) is 29.8 Å². The second-order valence-electron chi connectivity index (χ2n) is 6.27. The summed E-state index contributed by atoms with van der Waals surface area (Å²) >= 11 is 1.38. The lowest BCUT2D eigenvalue weighted by Gasteiger charge is -2.11. The molecule has 0 bridgehead atoms. The zero-order valence-electron chi connectivity index (χ0n) is 15.7. The summed E-state index contributed by atoms with van der Waals surface area (Å²) in [5, 5.41) is 12.7. The molecule has 0 fully saturated rings. The van der Waals surface area contributed by atoms with Gasteiger partial charge in [-0.2, -0.15) is 5.26 Å². The number of methoxy groups -OCH3 is 2. The summed E-state index contributed by atoms with van der Waals surface area (Å²) in [5.41, 5.74) is 1.90. The number of rotatable bonds is 5. The van der Waals surface area contributed by atoms with E-state index < -0.39 is 11.9 Å². The average molecular weight is 396 g/mol. The lowest BCUT2D eigenvalue weighted by atomic mass is 9.95. The van der Waals surface area contributed by atoms with Gasteiger partial charge in [-0.15, -0.1) is 11.3 Å². The minimum Gasteiger partial charge on any atom is -0.496 e. The number of carbonyl (C=O) groups excluding carboxylic acids is 2. The first-order valence-electron chi connectivity index (χ1n) is 8.88. The molecule has 0 saturated heterocycles. The molecule has 28 heavy (non-hydrogen) atoms. The van der Waals surface area contributed by atoms with Crippen molar-refractivity contribution in [1.82, 2.24) is 0 Å².